The SMILES string of the molecule is CC(C)c1ccc(OC2CC2)cc1Cl.CCC1CCN(c2ccc(C(C)C)c(F)c2)C1.CCCc1ccc(C(C)C)c(C(F)(F)F)c1.CCOc1ccc(C(C)C)c(Cl)c1.Cc1ccc(C(C)C)c(N2CCC(CN)C2)c1.Cc1ccc(C(C)C)c(N2CCC(CN)C2)c1.Cc1ccc(C(C)C)c(N2CCC(N)CC2)c1.Cc1ccc(C(C)C)c(N2CC[C@@H](CN)C2)c1.Cc1ccc(C(C)C)c(N2CC[C@H](CN)C2)c1. The molecule has 5 atom stereocenters. The van der Waals surface area contributed by atoms with Gasteiger partial charge in [0, 0.05) is 129 Å². The smallest absolute Gasteiger partial charge is 0.416 e. The van der Waals surface area contributed by atoms with Crippen LogP contribution in [0, 0.1) is 70.0 Å². The summed E-state index contributed by atoms with van der Waals surface area (Å²) in [7, 11) is 0. The van der Waals surface area contributed by atoms with Crippen molar-refractivity contribution in [1.82, 2.24) is 0 Å². The number of piperidine rings is 1. The summed E-state index contributed by atoms with van der Waals surface area (Å²) in [6.07, 6.45) is 9.77. The lowest BCUT2D eigenvalue weighted by molar-refractivity contribution is -0.138. The van der Waals surface area contributed by atoms with Gasteiger partial charge in [-0.25, -0.2) is 4.39 Å². The fraction of sp³-hybridized carbons (Fsp3) is 0.571. The van der Waals surface area contributed by atoms with Crippen LogP contribution in [0.15, 0.2) is 164 Å². The number of nitrogens with zero attached hydrogens (tertiary/aromatic N) is 6. The van der Waals surface area contributed by atoms with E-state index in [0.29, 0.717) is 95.8 Å². The molecule has 9 aromatic rings. The van der Waals surface area contributed by atoms with E-state index in [1.54, 1.807) is 32.0 Å². The number of aryl methyl sites for hydroxylation is 6. The molecule has 7 fully saturated rings. The second-order valence-corrected chi connectivity index (χ2v) is 45.7. The van der Waals surface area contributed by atoms with Crippen molar-refractivity contribution >= 4 is 57.3 Å². The Balaban J connectivity index is 0.000000199. The third-order valence-corrected chi connectivity index (χ3v) is 30.2. The highest BCUT2D eigenvalue weighted by Gasteiger charge is 2.36. The molecule has 0 aromatic heterocycles. The lowest BCUT2D eigenvalue weighted by Crippen LogP contribution is -2.40. The summed E-state index contributed by atoms with van der Waals surface area (Å²) >= 11 is 12.2. The van der Waals surface area contributed by atoms with Crippen LogP contribution in [0.25, 0.3) is 0 Å². The lowest BCUT2D eigenvalue weighted by Gasteiger charge is -2.34. The standard InChI is InChI=1S/C15H22FN.5C15H24N2.C13H17F3.C12H15ClO.C11H15ClO/c1-4-12-7-8-17(10-12)13-5-6-14(11(2)3)15(16)9-13;1-11(2)14-5-4-12(3)10-15(14)17-8-6-13(16)7-9-17;4*1-11(2)14-5-4-12(3)8-15(14)17-7-6-13(9-16)10-17;1-4-5-10-6-7-11(9(2)3)12(8-10)13(14,15)16;1-8(2)11-6-5-10(7-12(11)13)14-9-3-4-9;1-4-13-9-5-6-10(8(2)3)11(12)7-9/h5-6,9,11-12H,4,7-8,10H2,1-3H3;4-5,10-11,13H,6-9,16H2,1-3H3;4*4-5,8,11,13H,6-7,9-10,16H2,1-3H3;6-9H,4-5H2,1-3H3;5-9H,3-4H2,1-2H3;5-8H,4H2,1-3H3/t;;2*13-;;;;;/m..10...../s1. The van der Waals surface area contributed by atoms with Crippen molar-refractivity contribution in [1.29, 1.82) is 0 Å². The summed E-state index contributed by atoms with van der Waals surface area (Å²) in [5.74, 6) is 9.19. The molecular weight excluding hydrogens is 1850 g/mol. The molecule has 0 amide bonds. The summed E-state index contributed by atoms with van der Waals surface area (Å²) < 4.78 is 63.4. The zero-order chi connectivity index (χ0) is 107. The molecule has 802 valence electrons. The molecule has 7 aliphatic rings. The van der Waals surface area contributed by atoms with Crippen LogP contribution >= 0.6 is 23.2 Å². The van der Waals surface area contributed by atoms with Crippen LogP contribution in [0.5, 0.6) is 11.5 Å². The van der Waals surface area contributed by atoms with Crippen LogP contribution in [0.4, 0.5) is 51.7 Å². The van der Waals surface area contributed by atoms with Gasteiger partial charge in [0.1, 0.15) is 17.3 Å². The van der Waals surface area contributed by atoms with Crippen molar-refractivity contribution in [2.75, 3.05) is 141 Å². The highest BCUT2D eigenvalue weighted by atomic mass is 35.5. The van der Waals surface area contributed by atoms with Crippen molar-refractivity contribution in [2.45, 2.75) is 329 Å². The summed E-state index contributed by atoms with van der Waals surface area (Å²) in [5.41, 5.74) is 55.2. The van der Waals surface area contributed by atoms with E-state index < -0.39 is 11.7 Å². The molecule has 19 heteroatoms. The Kier molecular flexibility index (Phi) is 50.2. The van der Waals surface area contributed by atoms with Crippen LogP contribution in [0.3, 0.4) is 0 Å². The third-order valence-electron chi connectivity index (χ3n) is 29.5. The first kappa shape index (κ1) is 122. The highest BCUT2D eigenvalue weighted by molar-refractivity contribution is 6.32. The molecule has 0 radical (unpaired) electrons. The van der Waals surface area contributed by atoms with Crippen molar-refractivity contribution in [2.24, 2.45) is 58.3 Å². The molecule has 6 heterocycles. The van der Waals surface area contributed by atoms with Crippen LogP contribution < -0.4 is 67.5 Å². The third kappa shape index (κ3) is 37.9. The van der Waals surface area contributed by atoms with E-state index >= 15 is 0 Å². The summed E-state index contributed by atoms with van der Waals surface area (Å²) in [5, 5.41) is 1.61. The summed E-state index contributed by atoms with van der Waals surface area (Å²) in [6, 6.07) is 56.8. The first-order chi connectivity index (χ1) is 68.8. The normalized spacial score (nSPS) is 17.8. The zero-order valence-corrected chi connectivity index (χ0v) is 95.5. The van der Waals surface area contributed by atoms with E-state index in [0.717, 1.165) is 168 Å². The molecular formula is C126H189Cl2F4N11O2. The van der Waals surface area contributed by atoms with Gasteiger partial charge in [-0.1, -0.05) is 266 Å². The predicted octanol–water partition coefficient (Wildman–Crippen LogP) is 31.5. The number of anilines is 6. The summed E-state index contributed by atoms with van der Waals surface area (Å²) in [6.45, 7) is 73.3. The Bertz CT molecular complexity index is 4950. The van der Waals surface area contributed by atoms with Gasteiger partial charge in [-0.15, -0.1) is 0 Å². The van der Waals surface area contributed by atoms with E-state index in [1.165, 1.54) is 153 Å². The van der Waals surface area contributed by atoms with Gasteiger partial charge in [-0.05, 0) is 371 Å². The number of nitrogens with two attached hydrogens (primary N) is 5. The Morgan fingerprint density at radius 2 is 0.628 bits per heavy atom. The van der Waals surface area contributed by atoms with Gasteiger partial charge in [0.15, 0.2) is 0 Å². The maximum atomic E-state index is 13.9. The maximum absolute atomic E-state index is 13.9. The lowest BCUT2D eigenvalue weighted by atomic mass is 9.94. The number of hydrogen-bond acceptors (Lipinski definition) is 13. The molecule has 9 aromatic carbocycles. The molecule has 6 saturated heterocycles. The minimum atomic E-state index is -4.25. The van der Waals surface area contributed by atoms with Gasteiger partial charge in [0.05, 0.1) is 18.3 Å². The van der Waals surface area contributed by atoms with Gasteiger partial charge in [0.2, 0.25) is 0 Å². The second-order valence-electron chi connectivity index (χ2n) is 44.9. The van der Waals surface area contributed by atoms with Crippen LogP contribution in [-0.4, -0.2) is 123 Å². The van der Waals surface area contributed by atoms with Crippen molar-refractivity contribution in [3.63, 3.8) is 0 Å². The molecule has 1 aliphatic carbocycles. The molecule has 1 saturated carbocycles. The topological polar surface area (TPSA) is 168 Å². The molecule has 0 spiro atoms. The summed E-state index contributed by atoms with van der Waals surface area (Å²) in [4.78, 5) is 14.9. The van der Waals surface area contributed by atoms with Gasteiger partial charge in [-0.2, -0.15) is 13.2 Å². The largest absolute Gasteiger partial charge is 0.494 e. The van der Waals surface area contributed by atoms with E-state index in [4.69, 9.17) is 61.3 Å². The van der Waals surface area contributed by atoms with E-state index in [1.807, 2.05) is 64.1 Å². The Morgan fingerprint density at radius 1 is 0.331 bits per heavy atom. The average Bonchev–Trinajstić information content (AvgIpc) is 1.81. The molecule has 145 heavy (non-hydrogen) atoms. The highest BCUT2D eigenvalue weighted by Crippen LogP contribution is 2.42. The second kappa shape index (κ2) is 59.8. The fourth-order valence-corrected chi connectivity index (χ4v) is 21.0. The fourth-order valence-electron chi connectivity index (χ4n) is 20.2. The average molecular weight is 2040 g/mol. The molecule has 10 N–H and O–H groups in total. The minimum Gasteiger partial charge on any atom is -0.494 e. The predicted molar refractivity (Wildman–Crippen MR) is 620 cm³/mol. The van der Waals surface area contributed by atoms with E-state index in [-0.39, 0.29) is 17.7 Å². The monoisotopic (exact) mass is 2030 g/mol. The molecule has 13 nitrogen and oxygen atoms in total. The number of hydrogen-bond donors (Lipinski definition) is 5. The van der Waals surface area contributed by atoms with Gasteiger partial charge in [-0.3, -0.25) is 0 Å². The number of ether oxygens (including phenoxy) is 2. The molecule has 3 unspecified atom stereocenters. The first-order valence-electron chi connectivity index (χ1n) is 55.3. The Hall–Kier alpha value is -8.52. The molecule has 16 rings (SSSR count). The van der Waals surface area contributed by atoms with Gasteiger partial charge >= 0.3 is 6.18 Å². The molecule has 0 bridgehead atoms. The quantitative estimate of drug-likeness (QED) is 0.0325. The van der Waals surface area contributed by atoms with Crippen molar-refractivity contribution < 1.29 is 27.0 Å². The maximum Gasteiger partial charge on any atom is 0.416 e. The Labute approximate surface area is 886 Å². The van der Waals surface area contributed by atoms with E-state index in [2.05, 4.69) is 271 Å². The minimum absolute atomic E-state index is 0.0579. The van der Waals surface area contributed by atoms with Crippen LogP contribution in [0.1, 0.15) is 358 Å². The van der Waals surface area contributed by atoms with Crippen LogP contribution in [-0.2, 0) is 12.6 Å². The van der Waals surface area contributed by atoms with Gasteiger partial charge < -0.3 is 67.5 Å². The zero-order valence-electron chi connectivity index (χ0n) is 94.0. The van der Waals surface area contributed by atoms with Crippen molar-refractivity contribution in [3.8, 4) is 11.5 Å². The molecule has 6 aliphatic heterocycles. The number of halogens is 6. The van der Waals surface area contributed by atoms with Crippen molar-refractivity contribution in [3.05, 3.63) is 269 Å². The number of rotatable bonds is 26. The van der Waals surface area contributed by atoms with Gasteiger partial charge in [0.25, 0.3) is 0 Å². The number of benzene rings is 9. The first-order valence-corrected chi connectivity index (χ1v) is 56.0. The number of alkyl halides is 3. The van der Waals surface area contributed by atoms with E-state index in [9.17, 15) is 17.6 Å². The Morgan fingerprint density at radius 3 is 0.917 bits per heavy atom. The van der Waals surface area contributed by atoms with Crippen LogP contribution in [0.2, 0.25) is 10.0 Å².